The molecule has 4 heteroatoms. The molecule has 1 aromatic carbocycles. The fraction of sp³-hybridized carbons (Fsp3) is 0.250. The van der Waals surface area contributed by atoms with Gasteiger partial charge in [0.15, 0.2) is 0 Å². The summed E-state index contributed by atoms with van der Waals surface area (Å²) in [6.45, 7) is 1.89. The van der Waals surface area contributed by atoms with Gasteiger partial charge in [-0.15, -0.1) is 12.4 Å². The van der Waals surface area contributed by atoms with Crippen LogP contribution in [0.15, 0.2) is 12.1 Å². The Kier molecular flexibility index (Phi) is 4.76. The minimum absolute atomic E-state index is 0. The highest BCUT2D eigenvalue weighted by atomic mass is 35.5. The molecule has 0 unspecified atom stereocenters. The van der Waals surface area contributed by atoms with E-state index in [4.69, 9.17) is 23.2 Å². The molecule has 0 aliphatic rings. The highest BCUT2D eigenvalue weighted by Gasteiger charge is 2.03. The first kappa shape index (κ1) is 11.9. The van der Waals surface area contributed by atoms with E-state index in [1.165, 1.54) is 0 Å². The van der Waals surface area contributed by atoms with Crippen LogP contribution in [0.1, 0.15) is 5.56 Å². The largest absolute Gasteiger partial charge is 0.387 e. The fourth-order valence-corrected chi connectivity index (χ4v) is 1.32. The number of benzene rings is 1. The lowest BCUT2D eigenvalue weighted by molar-refractivity contribution is 1.43. The molecule has 0 atom stereocenters. The van der Waals surface area contributed by atoms with Crippen molar-refractivity contribution in [2.75, 3.05) is 12.4 Å². The zero-order valence-corrected chi connectivity index (χ0v) is 9.15. The first-order valence-electron chi connectivity index (χ1n) is 3.29. The van der Waals surface area contributed by atoms with E-state index in [9.17, 15) is 0 Å². The molecule has 0 saturated carbocycles. The Bertz CT molecular complexity index is 273. The van der Waals surface area contributed by atoms with E-state index in [2.05, 4.69) is 5.32 Å². The molecule has 0 aromatic heterocycles. The molecule has 0 saturated heterocycles. The number of anilines is 1. The van der Waals surface area contributed by atoms with Crippen LogP contribution in [-0.2, 0) is 0 Å². The molecule has 0 radical (unpaired) electrons. The SMILES string of the molecule is CNc1ccc(Cl)c(C)c1Cl.Cl. The third-order valence-electron chi connectivity index (χ3n) is 1.59. The lowest BCUT2D eigenvalue weighted by Crippen LogP contribution is -1.90. The minimum atomic E-state index is 0. The molecule has 0 fully saturated rings. The Balaban J connectivity index is 0.00000121. The zero-order chi connectivity index (χ0) is 8.43. The Hall–Kier alpha value is -0.110. The molecule has 1 N–H and O–H groups in total. The zero-order valence-electron chi connectivity index (χ0n) is 6.82. The molecule has 0 bridgehead atoms. The fourth-order valence-electron chi connectivity index (χ4n) is 0.855. The second kappa shape index (κ2) is 4.80. The first-order valence-corrected chi connectivity index (χ1v) is 4.04. The molecular weight excluding hydrogens is 216 g/mol. The van der Waals surface area contributed by atoms with Gasteiger partial charge in [0.05, 0.1) is 10.7 Å². The van der Waals surface area contributed by atoms with Gasteiger partial charge in [0.2, 0.25) is 0 Å². The maximum atomic E-state index is 5.95. The molecule has 0 aliphatic heterocycles. The van der Waals surface area contributed by atoms with Gasteiger partial charge in [-0.05, 0) is 24.6 Å². The van der Waals surface area contributed by atoms with Gasteiger partial charge in [0.1, 0.15) is 0 Å². The quantitative estimate of drug-likeness (QED) is 0.769. The predicted octanol–water partition coefficient (Wildman–Crippen LogP) is 3.77. The van der Waals surface area contributed by atoms with Crippen molar-refractivity contribution < 1.29 is 0 Å². The van der Waals surface area contributed by atoms with Crippen molar-refractivity contribution in [2.45, 2.75) is 6.92 Å². The maximum absolute atomic E-state index is 5.95. The topological polar surface area (TPSA) is 12.0 Å². The summed E-state index contributed by atoms with van der Waals surface area (Å²) in [7, 11) is 1.83. The van der Waals surface area contributed by atoms with Gasteiger partial charge in [-0.25, -0.2) is 0 Å². The normalized spacial score (nSPS) is 9.00. The molecule has 0 aliphatic carbocycles. The van der Waals surface area contributed by atoms with Crippen LogP contribution in [0.5, 0.6) is 0 Å². The van der Waals surface area contributed by atoms with Gasteiger partial charge in [-0.3, -0.25) is 0 Å². The summed E-state index contributed by atoms with van der Waals surface area (Å²) in [6, 6.07) is 3.69. The third kappa shape index (κ3) is 2.19. The van der Waals surface area contributed by atoms with Crippen LogP contribution >= 0.6 is 35.6 Å². The summed E-state index contributed by atoms with van der Waals surface area (Å²) in [4.78, 5) is 0. The Morgan fingerprint density at radius 2 is 1.83 bits per heavy atom. The molecular formula is C8H10Cl3N. The van der Waals surface area contributed by atoms with E-state index in [0.29, 0.717) is 10.0 Å². The van der Waals surface area contributed by atoms with E-state index in [-0.39, 0.29) is 12.4 Å². The van der Waals surface area contributed by atoms with Gasteiger partial charge < -0.3 is 5.32 Å². The van der Waals surface area contributed by atoms with Crippen LogP contribution < -0.4 is 5.32 Å². The van der Waals surface area contributed by atoms with E-state index in [1.807, 2.05) is 26.1 Å². The van der Waals surface area contributed by atoms with Gasteiger partial charge in [0.25, 0.3) is 0 Å². The van der Waals surface area contributed by atoms with E-state index < -0.39 is 0 Å². The standard InChI is InChI=1S/C8H9Cl2N.ClH/c1-5-6(9)3-4-7(11-2)8(5)10;/h3-4,11H,1-2H3;1H. The molecule has 0 heterocycles. The summed E-state index contributed by atoms with van der Waals surface area (Å²) in [5.41, 5.74) is 1.83. The summed E-state index contributed by atoms with van der Waals surface area (Å²) >= 11 is 11.8. The summed E-state index contributed by atoms with van der Waals surface area (Å²) in [5.74, 6) is 0. The summed E-state index contributed by atoms with van der Waals surface area (Å²) in [6.07, 6.45) is 0. The minimum Gasteiger partial charge on any atom is -0.387 e. The lowest BCUT2D eigenvalue weighted by Gasteiger charge is -2.06. The predicted molar refractivity (Wildman–Crippen MR) is 58.0 cm³/mol. The second-order valence-electron chi connectivity index (χ2n) is 2.28. The van der Waals surface area contributed by atoms with Gasteiger partial charge in [-0.1, -0.05) is 23.2 Å². The van der Waals surface area contributed by atoms with Crippen molar-refractivity contribution in [1.82, 2.24) is 0 Å². The Morgan fingerprint density at radius 1 is 1.25 bits per heavy atom. The van der Waals surface area contributed by atoms with Crippen LogP contribution in [0, 0.1) is 6.92 Å². The van der Waals surface area contributed by atoms with E-state index in [0.717, 1.165) is 11.3 Å². The van der Waals surface area contributed by atoms with Crippen molar-refractivity contribution in [3.05, 3.63) is 27.7 Å². The van der Waals surface area contributed by atoms with Gasteiger partial charge in [0, 0.05) is 12.1 Å². The monoisotopic (exact) mass is 225 g/mol. The van der Waals surface area contributed by atoms with Crippen LogP contribution in [0.2, 0.25) is 10.0 Å². The second-order valence-corrected chi connectivity index (χ2v) is 3.07. The van der Waals surface area contributed by atoms with Gasteiger partial charge in [-0.2, -0.15) is 0 Å². The Morgan fingerprint density at radius 3 is 2.33 bits per heavy atom. The van der Waals surface area contributed by atoms with Crippen LogP contribution in [0.4, 0.5) is 5.69 Å². The third-order valence-corrected chi connectivity index (χ3v) is 2.49. The van der Waals surface area contributed by atoms with Crippen molar-refractivity contribution in [3.63, 3.8) is 0 Å². The molecule has 68 valence electrons. The van der Waals surface area contributed by atoms with E-state index >= 15 is 0 Å². The van der Waals surface area contributed by atoms with Crippen molar-refractivity contribution in [2.24, 2.45) is 0 Å². The van der Waals surface area contributed by atoms with E-state index in [1.54, 1.807) is 0 Å². The number of halogens is 3. The number of rotatable bonds is 1. The summed E-state index contributed by atoms with van der Waals surface area (Å²) in [5, 5.41) is 4.37. The highest BCUT2D eigenvalue weighted by Crippen LogP contribution is 2.30. The smallest absolute Gasteiger partial charge is 0.0681 e. The molecule has 1 rings (SSSR count). The van der Waals surface area contributed by atoms with Crippen LogP contribution in [0.25, 0.3) is 0 Å². The van der Waals surface area contributed by atoms with Crippen molar-refractivity contribution in [1.29, 1.82) is 0 Å². The lowest BCUT2D eigenvalue weighted by atomic mass is 10.2. The maximum Gasteiger partial charge on any atom is 0.0681 e. The average molecular weight is 227 g/mol. The number of nitrogens with one attached hydrogen (secondary N) is 1. The molecule has 0 spiro atoms. The molecule has 0 amide bonds. The molecule has 1 nitrogen and oxygen atoms in total. The average Bonchev–Trinajstić information content (AvgIpc) is 2.01. The van der Waals surface area contributed by atoms with Crippen LogP contribution in [-0.4, -0.2) is 7.05 Å². The number of hydrogen-bond donors (Lipinski definition) is 1. The Labute approximate surface area is 88.5 Å². The van der Waals surface area contributed by atoms with Gasteiger partial charge >= 0.3 is 0 Å². The molecule has 12 heavy (non-hydrogen) atoms. The van der Waals surface area contributed by atoms with Crippen molar-refractivity contribution in [3.8, 4) is 0 Å². The van der Waals surface area contributed by atoms with Crippen LogP contribution in [0.3, 0.4) is 0 Å². The van der Waals surface area contributed by atoms with Crippen molar-refractivity contribution >= 4 is 41.3 Å². The number of hydrogen-bond acceptors (Lipinski definition) is 1. The molecule has 1 aromatic rings. The highest BCUT2D eigenvalue weighted by molar-refractivity contribution is 6.37. The summed E-state index contributed by atoms with van der Waals surface area (Å²) < 4.78 is 0. The first-order chi connectivity index (χ1) is 5.16.